The van der Waals surface area contributed by atoms with Crippen LogP contribution in [0, 0.1) is 0 Å². The van der Waals surface area contributed by atoms with Crippen LogP contribution in [0.15, 0.2) is 11.3 Å². The minimum atomic E-state index is -1.12. The van der Waals surface area contributed by atoms with Gasteiger partial charge in [0.15, 0.2) is 0 Å². The van der Waals surface area contributed by atoms with E-state index in [1.54, 1.807) is 13.8 Å². The van der Waals surface area contributed by atoms with E-state index in [1.807, 2.05) is 0 Å². The quantitative estimate of drug-likeness (QED) is 0.728. The number of hydrogen-bond donors (Lipinski definition) is 2. The summed E-state index contributed by atoms with van der Waals surface area (Å²) < 4.78 is 4.71. The molecule has 2 aliphatic heterocycles. The van der Waals surface area contributed by atoms with Crippen molar-refractivity contribution in [3.63, 3.8) is 0 Å². The summed E-state index contributed by atoms with van der Waals surface area (Å²) in [5.74, 6) is -1.01. The zero-order chi connectivity index (χ0) is 14.2. The van der Waals surface area contributed by atoms with E-state index in [0.717, 1.165) is 0 Å². The van der Waals surface area contributed by atoms with Crippen molar-refractivity contribution in [3.8, 4) is 0 Å². The molecule has 0 aromatic carbocycles. The molecule has 104 valence electrons. The molecule has 2 heterocycles. The summed E-state index contributed by atoms with van der Waals surface area (Å²) in [6.07, 6.45) is -0.663. The molecule has 7 nitrogen and oxygen atoms in total. The van der Waals surface area contributed by atoms with E-state index in [2.05, 4.69) is 5.32 Å². The Labute approximate surface area is 114 Å². The molecule has 2 rings (SSSR count). The maximum Gasteiger partial charge on any atom is 0.407 e. The van der Waals surface area contributed by atoms with Gasteiger partial charge in [0.25, 0.3) is 5.91 Å². The van der Waals surface area contributed by atoms with Crippen molar-refractivity contribution in [1.82, 2.24) is 10.2 Å². The first-order chi connectivity index (χ1) is 8.97. The average Bonchev–Trinajstić information content (AvgIpc) is 2.35. The average molecular weight is 286 g/mol. The monoisotopic (exact) mass is 286 g/mol. The Morgan fingerprint density at radius 3 is 2.84 bits per heavy atom. The van der Waals surface area contributed by atoms with Crippen LogP contribution in [0.4, 0.5) is 4.79 Å². The highest BCUT2D eigenvalue weighted by atomic mass is 32.2. The molecular weight excluding hydrogens is 272 g/mol. The molecule has 2 atom stereocenters. The summed E-state index contributed by atoms with van der Waals surface area (Å²) in [7, 11) is 0. The molecule has 19 heavy (non-hydrogen) atoms. The zero-order valence-corrected chi connectivity index (χ0v) is 11.3. The van der Waals surface area contributed by atoms with Crippen LogP contribution in [0.3, 0.4) is 0 Å². The van der Waals surface area contributed by atoms with Crippen LogP contribution in [0.25, 0.3) is 0 Å². The van der Waals surface area contributed by atoms with Gasteiger partial charge in [-0.05, 0) is 19.4 Å². The number of nitrogens with one attached hydrogen (secondary N) is 1. The van der Waals surface area contributed by atoms with Gasteiger partial charge >= 0.3 is 12.1 Å². The number of rotatable bonds is 3. The van der Waals surface area contributed by atoms with Crippen molar-refractivity contribution in [2.75, 3.05) is 12.4 Å². The fourth-order valence-corrected chi connectivity index (χ4v) is 3.37. The molecule has 0 aliphatic carbocycles. The minimum absolute atomic E-state index is 0.0238. The van der Waals surface area contributed by atoms with Crippen LogP contribution < -0.4 is 5.32 Å². The Balaban J connectivity index is 2.11. The summed E-state index contributed by atoms with van der Waals surface area (Å²) >= 11 is 1.43. The van der Waals surface area contributed by atoms with Gasteiger partial charge < -0.3 is 15.2 Å². The summed E-state index contributed by atoms with van der Waals surface area (Å²) in [6.45, 7) is 3.57. The van der Waals surface area contributed by atoms with Gasteiger partial charge in [0, 0.05) is 5.75 Å². The maximum absolute atomic E-state index is 11.9. The predicted molar refractivity (Wildman–Crippen MR) is 67.4 cm³/mol. The number of carboxylic acids is 1. The van der Waals surface area contributed by atoms with Crippen molar-refractivity contribution in [1.29, 1.82) is 0 Å². The molecule has 2 aliphatic rings. The standard InChI is InChI=1S/C11H14N2O5S/c1-3-18-11(17)12-6-8(14)13-7(10(15)16)5(2)4-19-9(6)13/h6,9H,3-4H2,1-2H3,(H,12,17)(H,15,16)/t6-,9-/m0/s1. The topological polar surface area (TPSA) is 95.9 Å². The van der Waals surface area contributed by atoms with Crippen molar-refractivity contribution < 1.29 is 24.2 Å². The molecule has 0 spiro atoms. The van der Waals surface area contributed by atoms with Crippen LogP contribution in [-0.2, 0) is 14.3 Å². The van der Waals surface area contributed by atoms with Crippen LogP contribution in [0.5, 0.6) is 0 Å². The summed E-state index contributed by atoms with van der Waals surface area (Å²) in [4.78, 5) is 35.6. The van der Waals surface area contributed by atoms with Gasteiger partial charge in [0.1, 0.15) is 17.1 Å². The lowest BCUT2D eigenvalue weighted by atomic mass is 10.0. The van der Waals surface area contributed by atoms with E-state index in [0.29, 0.717) is 11.3 Å². The third-order valence-electron chi connectivity index (χ3n) is 2.91. The molecule has 2 N–H and O–H groups in total. The Morgan fingerprint density at radius 1 is 1.58 bits per heavy atom. The van der Waals surface area contributed by atoms with E-state index in [-0.39, 0.29) is 17.7 Å². The van der Waals surface area contributed by atoms with Crippen molar-refractivity contribution in [2.45, 2.75) is 25.3 Å². The second kappa shape index (κ2) is 5.12. The Kier molecular flexibility index (Phi) is 3.70. The number of alkyl carbamates (subject to hydrolysis) is 1. The summed E-state index contributed by atoms with van der Waals surface area (Å²) in [6, 6.07) is -0.716. The molecule has 0 aromatic rings. The first-order valence-electron chi connectivity index (χ1n) is 5.78. The predicted octanol–water partition coefficient (Wildman–Crippen LogP) is 0.375. The maximum atomic E-state index is 11.9. The van der Waals surface area contributed by atoms with Gasteiger partial charge in [0.2, 0.25) is 0 Å². The third-order valence-corrected chi connectivity index (χ3v) is 4.33. The number of carboxylic acid groups (broad SMARTS) is 1. The Hall–Kier alpha value is -1.70. The molecule has 0 aromatic heterocycles. The number of amides is 2. The van der Waals surface area contributed by atoms with Gasteiger partial charge in [-0.25, -0.2) is 9.59 Å². The number of ether oxygens (including phenoxy) is 1. The minimum Gasteiger partial charge on any atom is -0.477 e. The van der Waals surface area contributed by atoms with E-state index in [9.17, 15) is 14.4 Å². The van der Waals surface area contributed by atoms with Gasteiger partial charge in [-0.2, -0.15) is 0 Å². The summed E-state index contributed by atoms with van der Waals surface area (Å²) in [5, 5.41) is 11.2. The highest BCUT2D eigenvalue weighted by Crippen LogP contribution is 2.40. The largest absolute Gasteiger partial charge is 0.477 e. The Morgan fingerprint density at radius 2 is 2.26 bits per heavy atom. The number of aliphatic carboxylic acids is 1. The fourth-order valence-electron chi connectivity index (χ4n) is 2.08. The van der Waals surface area contributed by atoms with E-state index in [1.165, 1.54) is 16.7 Å². The lowest BCUT2D eigenvalue weighted by molar-refractivity contribution is -0.149. The molecule has 0 saturated carbocycles. The number of carbonyl (C=O) groups is 3. The van der Waals surface area contributed by atoms with Crippen LogP contribution in [0.1, 0.15) is 13.8 Å². The molecule has 2 amide bonds. The second-order valence-corrected chi connectivity index (χ2v) is 5.29. The molecule has 0 unspecified atom stereocenters. The summed E-state index contributed by atoms with van der Waals surface area (Å²) in [5.41, 5.74) is 0.673. The first-order valence-corrected chi connectivity index (χ1v) is 6.83. The van der Waals surface area contributed by atoms with Gasteiger partial charge in [-0.1, -0.05) is 0 Å². The number of fused-ring (bicyclic) bond motifs is 1. The molecule has 8 heteroatoms. The number of carbonyl (C=O) groups excluding carboxylic acids is 2. The lowest BCUT2D eigenvalue weighted by Gasteiger charge is -2.49. The molecule has 0 radical (unpaired) electrons. The lowest BCUT2D eigenvalue weighted by Crippen LogP contribution is -2.70. The number of nitrogens with zero attached hydrogens (tertiary/aromatic N) is 1. The van der Waals surface area contributed by atoms with E-state index in [4.69, 9.17) is 9.84 Å². The molecule has 0 bridgehead atoms. The van der Waals surface area contributed by atoms with Crippen molar-refractivity contribution in [3.05, 3.63) is 11.3 Å². The van der Waals surface area contributed by atoms with Gasteiger partial charge in [0.05, 0.1) is 6.61 Å². The highest BCUT2D eigenvalue weighted by molar-refractivity contribution is 8.00. The van der Waals surface area contributed by atoms with Crippen molar-refractivity contribution in [2.24, 2.45) is 0 Å². The SMILES string of the molecule is CCOC(=O)N[C@H]1C(=O)N2C(C(=O)O)=C(C)CS[C@@H]12. The smallest absolute Gasteiger partial charge is 0.407 e. The fraction of sp³-hybridized carbons (Fsp3) is 0.545. The number of hydrogen-bond acceptors (Lipinski definition) is 5. The third kappa shape index (κ3) is 2.27. The molecule has 1 saturated heterocycles. The van der Waals surface area contributed by atoms with Gasteiger partial charge in [-0.3, -0.25) is 9.69 Å². The number of thioether (sulfide) groups is 1. The number of β-lactam (4-membered cyclic amide) rings is 1. The Bertz CT molecular complexity index is 476. The van der Waals surface area contributed by atoms with E-state index >= 15 is 0 Å². The van der Waals surface area contributed by atoms with Crippen LogP contribution >= 0.6 is 11.8 Å². The zero-order valence-electron chi connectivity index (χ0n) is 10.5. The van der Waals surface area contributed by atoms with Crippen LogP contribution in [-0.4, -0.2) is 51.8 Å². The second-order valence-electron chi connectivity index (χ2n) is 4.19. The van der Waals surface area contributed by atoms with E-state index < -0.39 is 24.0 Å². The highest BCUT2D eigenvalue weighted by Gasteiger charge is 2.53. The van der Waals surface area contributed by atoms with Crippen molar-refractivity contribution >= 4 is 29.7 Å². The molecular formula is C11H14N2O5S. The normalized spacial score (nSPS) is 25.6. The van der Waals surface area contributed by atoms with Crippen LogP contribution in [0.2, 0.25) is 0 Å². The van der Waals surface area contributed by atoms with Gasteiger partial charge in [-0.15, -0.1) is 11.8 Å². The molecule has 1 fully saturated rings. The first kappa shape index (κ1) is 13.7.